The number of rotatable bonds is 4. The second-order valence-corrected chi connectivity index (χ2v) is 10.4. The molecule has 0 saturated carbocycles. The number of likely N-dealkylation sites (tertiary alicyclic amines) is 1. The Kier molecular flexibility index (Phi) is 5.79. The van der Waals surface area contributed by atoms with E-state index in [1.54, 1.807) is 19.9 Å². The molecule has 0 bridgehead atoms. The predicted molar refractivity (Wildman–Crippen MR) is 134 cm³/mol. The number of nitrogens with one attached hydrogen (secondary N) is 1. The Hall–Kier alpha value is -3.39. The maximum absolute atomic E-state index is 13.4. The van der Waals surface area contributed by atoms with Gasteiger partial charge in [-0.2, -0.15) is 0 Å². The van der Waals surface area contributed by atoms with Gasteiger partial charge in [0.2, 0.25) is 5.91 Å². The lowest BCUT2D eigenvalue weighted by Crippen LogP contribution is -2.43. The van der Waals surface area contributed by atoms with Crippen molar-refractivity contribution in [1.29, 1.82) is 0 Å². The molecule has 1 unspecified atom stereocenters. The number of nitrogens with zero attached hydrogens (tertiary/aromatic N) is 3. The molecular formula is C27H32N4O4. The molecule has 0 spiro atoms. The third kappa shape index (κ3) is 4.50. The molecule has 1 saturated heterocycles. The zero-order chi connectivity index (χ0) is 24.9. The number of imidazole rings is 1. The van der Waals surface area contributed by atoms with Crippen LogP contribution in [0.1, 0.15) is 55.2 Å². The van der Waals surface area contributed by atoms with Gasteiger partial charge in [0, 0.05) is 30.7 Å². The first-order valence-corrected chi connectivity index (χ1v) is 12.2. The summed E-state index contributed by atoms with van der Waals surface area (Å²) in [5.41, 5.74) is 4.67. The minimum Gasteiger partial charge on any atom is -0.465 e. The SMILES string of the molecule is Cc1ccc2c(c1)nc(C(C)(C)O)n2C1CCN(C(=O)C2Cc3ccc(NC(=O)O)cc3C2)CC1. The molecule has 3 aromatic rings. The lowest BCUT2D eigenvalue weighted by molar-refractivity contribution is -0.136. The molecule has 5 rings (SSSR count). The number of aromatic nitrogens is 2. The third-order valence-electron chi connectivity index (χ3n) is 7.27. The Balaban J connectivity index is 1.29. The average Bonchev–Trinajstić information content (AvgIpc) is 3.39. The molecule has 1 aliphatic carbocycles. The first-order valence-electron chi connectivity index (χ1n) is 12.2. The zero-order valence-electron chi connectivity index (χ0n) is 20.4. The predicted octanol–water partition coefficient (Wildman–Crippen LogP) is 4.24. The van der Waals surface area contributed by atoms with E-state index in [2.05, 4.69) is 28.1 Å². The van der Waals surface area contributed by atoms with E-state index in [0.717, 1.165) is 40.6 Å². The number of amides is 2. The number of aliphatic hydroxyl groups is 1. The number of hydrogen-bond acceptors (Lipinski definition) is 4. The Morgan fingerprint density at radius 2 is 1.77 bits per heavy atom. The summed E-state index contributed by atoms with van der Waals surface area (Å²) in [5.74, 6) is 0.728. The molecule has 8 heteroatoms. The molecule has 1 atom stereocenters. The van der Waals surface area contributed by atoms with Crippen LogP contribution in [0.4, 0.5) is 10.5 Å². The lowest BCUT2D eigenvalue weighted by Gasteiger charge is -2.36. The molecule has 0 radical (unpaired) electrons. The molecule has 1 aliphatic heterocycles. The molecule has 2 aliphatic rings. The van der Waals surface area contributed by atoms with Crippen LogP contribution in [0.25, 0.3) is 11.0 Å². The normalized spacial score (nSPS) is 18.6. The number of piperidine rings is 1. The van der Waals surface area contributed by atoms with Crippen molar-refractivity contribution < 1.29 is 19.8 Å². The van der Waals surface area contributed by atoms with Crippen molar-refractivity contribution >= 4 is 28.7 Å². The zero-order valence-corrected chi connectivity index (χ0v) is 20.4. The quantitative estimate of drug-likeness (QED) is 0.522. The van der Waals surface area contributed by atoms with Crippen molar-refractivity contribution in [3.05, 3.63) is 58.9 Å². The molecule has 2 aromatic carbocycles. The van der Waals surface area contributed by atoms with E-state index >= 15 is 0 Å². The monoisotopic (exact) mass is 476 g/mol. The van der Waals surface area contributed by atoms with E-state index in [4.69, 9.17) is 10.1 Å². The fourth-order valence-corrected chi connectivity index (χ4v) is 5.61. The minimum absolute atomic E-state index is 0.106. The summed E-state index contributed by atoms with van der Waals surface area (Å²) in [6, 6.07) is 11.9. The highest BCUT2D eigenvalue weighted by Crippen LogP contribution is 2.35. The highest BCUT2D eigenvalue weighted by molar-refractivity contribution is 5.84. The smallest absolute Gasteiger partial charge is 0.409 e. The fraction of sp³-hybridized carbons (Fsp3) is 0.444. The van der Waals surface area contributed by atoms with Crippen LogP contribution in [-0.4, -0.2) is 49.8 Å². The number of fused-ring (bicyclic) bond motifs is 2. The maximum Gasteiger partial charge on any atom is 0.409 e. The minimum atomic E-state index is -1.09. The van der Waals surface area contributed by atoms with Gasteiger partial charge in [-0.05, 0) is 87.4 Å². The molecule has 8 nitrogen and oxygen atoms in total. The molecule has 3 N–H and O–H groups in total. The van der Waals surface area contributed by atoms with Gasteiger partial charge < -0.3 is 19.7 Å². The summed E-state index contributed by atoms with van der Waals surface area (Å²) in [7, 11) is 0. The first kappa shape index (κ1) is 23.4. The summed E-state index contributed by atoms with van der Waals surface area (Å²) in [6.45, 7) is 6.91. The summed E-state index contributed by atoms with van der Waals surface area (Å²) in [5, 5.41) is 22.2. The second-order valence-electron chi connectivity index (χ2n) is 10.4. The molecule has 184 valence electrons. The number of benzene rings is 2. The number of carbonyl (C=O) groups excluding carboxylic acids is 1. The Bertz CT molecular complexity index is 1300. The van der Waals surface area contributed by atoms with Crippen molar-refractivity contribution in [2.45, 2.75) is 58.1 Å². The van der Waals surface area contributed by atoms with Gasteiger partial charge in [0.1, 0.15) is 11.4 Å². The van der Waals surface area contributed by atoms with E-state index in [9.17, 15) is 14.7 Å². The number of carbonyl (C=O) groups is 2. The molecular weight excluding hydrogens is 444 g/mol. The van der Waals surface area contributed by atoms with Crippen LogP contribution in [0.5, 0.6) is 0 Å². The molecule has 1 fully saturated rings. The summed E-state index contributed by atoms with van der Waals surface area (Å²) in [4.78, 5) is 31.0. The van der Waals surface area contributed by atoms with E-state index in [1.165, 1.54) is 0 Å². The van der Waals surface area contributed by atoms with Crippen molar-refractivity contribution in [2.75, 3.05) is 18.4 Å². The van der Waals surface area contributed by atoms with Gasteiger partial charge in [0.05, 0.1) is 11.0 Å². The largest absolute Gasteiger partial charge is 0.465 e. The molecule has 2 heterocycles. The van der Waals surface area contributed by atoms with Gasteiger partial charge in [0.25, 0.3) is 0 Å². The van der Waals surface area contributed by atoms with Gasteiger partial charge >= 0.3 is 6.09 Å². The van der Waals surface area contributed by atoms with Crippen molar-refractivity contribution in [2.24, 2.45) is 5.92 Å². The number of anilines is 1. The van der Waals surface area contributed by atoms with Crippen LogP contribution >= 0.6 is 0 Å². The highest BCUT2D eigenvalue weighted by Gasteiger charge is 2.35. The lowest BCUT2D eigenvalue weighted by atomic mass is 9.99. The molecule has 1 aromatic heterocycles. The van der Waals surface area contributed by atoms with Gasteiger partial charge in [-0.15, -0.1) is 0 Å². The van der Waals surface area contributed by atoms with Crippen LogP contribution < -0.4 is 5.32 Å². The first-order chi connectivity index (χ1) is 16.6. The van der Waals surface area contributed by atoms with Crippen LogP contribution in [0.2, 0.25) is 0 Å². The standard InChI is InChI=1S/C27H32N4O4/c1-16-4-7-23-22(12-16)29-25(27(2,3)35)31(23)21-8-10-30(11-9-21)24(32)19-13-17-5-6-20(28-26(33)34)15-18(17)14-19/h4-7,12,15,19,21,28,35H,8-11,13-14H2,1-3H3,(H,33,34). The van der Waals surface area contributed by atoms with Gasteiger partial charge in [-0.1, -0.05) is 12.1 Å². The third-order valence-corrected chi connectivity index (χ3v) is 7.27. The fourth-order valence-electron chi connectivity index (χ4n) is 5.61. The summed E-state index contributed by atoms with van der Waals surface area (Å²) in [6.07, 6.45) is 1.85. The van der Waals surface area contributed by atoms with Gasteiger partial charge in [0.15, 0.2) is 0 Å². The highest BCUT2D eigenvalue weighted by atomic mass is 16.4. The van der Waals surface area contributed by atoms with Gasteiger partial charge in [-0.3, -0.25) is 10.1 Å². The Morgan fingerprint density at radius 3 is 2.46 bits per heavy atom. The Morgan fingerprint density at radius 1 is 1.06 bits per heavy atom. The second kappa shape index (κ2) is 8.68. The van der Waals surface area contributed by atoms with Crippen LogP contribution in [0.15, 0.2) is 36.4 Å². The van der Waals surface area contributed by atoms with Crippen molar-refractivity contribution in [3.8, 4) is 0 Å². The van der Waals surface area contributed by atoms with Crippen molar-refractivity contribution in [1.82, 2.24) is 14.5 Å². The van der Waals surface area contributed by atoms with Gasteiger partial charge in [-0.25, -0.2) is 9.78 Å². The molecule has 35 heavy (non-hydrogen) atoms. The van der Waals surface area contributed by atoms with E-state index in [0.29, 0.717) is 37.4 Å². The van der Waals surface area contributed by atoms with E-state index < -0.39 is 11.7 Å². The summed E-state index contributed by atoms with van der Waals surface area (Å²) >= 11 is 0. The van der Waals surface area contributed by atoms with Crippen LogP contribution in [0.3, 0.4) is 0 Å². The number of hydrogen-bond donors (Lipinski definition) is 3. The van der Waals surface area contributed by atoms with Crippen LogP contribution in [-0.2, 0) is 23.2 Å². The summed E-state index contributed by atoms with van der Waals surface area (Å²) < 4.78 is 2.18. The maximum atomic E-state index is 13.4. The van der Waals surface area contributed by atoms with E-state index in [1.807, 2.05) is 24.0 Å². The topological polar surface area (TPSA) is 108 Å². The number of carboxylic acid groups (broad SMARTS) is 1. The van der Waals surface area contributed by atoms with Crippen LogP contribution in [0, 0.1) is 12.8 Å². The number of aryl methyl sites for hydroxylation is 1. The van der Waals surface area contributed by atoms with Crippen molar-refractivity contribution in [3.63, 3.8) is 0 Å². The van der Waals surface area contributed by atoms with E-state index in [-0.39, 0.29) is 17.9 Å². The molecule has 2 amide bonds. The Labute approximate surface area is 204 Å². The average molecular weight is 477 g/mol.